The van der Waals surface area contributed by atoms with Crippen LogP contribution < -0.4 is 9.80 Å². The highest BCUT2D eigenvalue weighted by molar-refractivity contribution is 7.26. The predicted molar refractivity (Wildman–Crippen MR) is 306 cm³/mol. The van der Waals surface area contributed by atoms with E-state index in [0.29, 0.717) is 11.1 Å². The zero-order valence-corrected chi connectivity index (χ0v) is 40.2. The van der Waals surface area contributed by atoms with Gasteiger partial charge in [0.2, 0.25) is 0 Å². The van der Waals surface area contributed by atoms with E-state index in [0.717, 1.165) is 77.9 Å². The summed E-state index contributed by atoms with van der Waals surface area (Å²) in [6, 6.07) is 87.0. The number of thiophene rings is 2. The number of hydrogen-bond acceptors (Lipinski definition) is 6. The average Bonchev–Trinajstić information content (AvgIpc) is 4.02. The normalized spacial score (nSPS) is 11.6. The minimum atomic E-state index is 0.605. The molecule has 0 atom stereocenters. The van der Waals surface area contributed by atoms with Crippen molar-refractivity contribution in [3.8, 4) is 34.4 Å². The van der Waals surface area contributed by atoms with Crippen LogP contribution in [0.15, 0.2) is 231 Å². The van der Waals surface area contributed by atoms with Gasteiger partial charge in [-0.3, -0.25) is 0 Å². The van der Waals surface area contributed by atoms with E-state index in [2.05, 4.69) is 216 Å². The number of nitriles is 2. The number of hydrogen-bond donors (Lipinski definition) is 0. The Morgan fingerprint density at radius 2 is 0.694 bits per heavy atom. The highest BCUT2D eigenvalue weighted by Crippen LogP contribution is 2.51. The molecule has 72 heavy (non-hydrogen) atoms. The van der Waals surface area contributed by atoms with Crippen molar-refractivity contribution in [2.45, 2.75) is 0 Å². The van der Waals surface area contributed by atoms with Crippen LogP contribution in [-0.2, 0) is 0 Å². The maximum atomic E-state index is 10.3. The molecule has 2 heterocycles. The molecular formula is C66H38N4S2. The van der Waals surface area contributed by atoms with Crippen molar-refractivity contribution < 1.29 is 0 Å². The number of rotatable bonds is 8. The van der Waals surface area contributed by atoms with Crippen LogP contribution in [0.1, 0.15) is 11.1 Å². The topological polar surface area (TPSA) is 54.1 Å². The van der Waals surface area contributed by atoms with Crippen LogP contribution in [0.3, 0.4) is 0 Å². The Hall–Kier alpha value is -9.30. The molecule has 14 rings (SSSR count). The van der Waals surface area contributed by atoms with E-state index in [1.807, 2.05) is 59.1 Å². The highest BCUT2D eigenvalue weighted by Gasteiger charge is 2.26. The SMILES string of the molecule is N#Cc1ccc(N(c2ccc3sc4ccccc4c3c2)c2ccc3ccc4c(N(c5ccc6sc7ccccc7c6c5)c5ccc(C#N)cc5-c5ccccc5)ccc5ccc2c3c54)c(-c2ccccc2)c1. The average molecular weight is 951 g/mol. The molecule has 0 N–H and O–H groups in total. The Balaban J connectivity index is 1.05. The summed E-state index contributed by atoms with van der Waals surface area (Å²) in [6.07, 6.45) is 0. The van der Waals surface area contributed by atoms with E-state index in [4.69, 9.17) is 0 Å². The van der Waals surface area contributed by atoms with Crippen molar-refractivity contribution in [3.05, 3.63) is 242 Å². The zero-order valence-electron chi connectivity index (χ0n) is 38.5. The lowest BCUT2D eigenvalue weighted by atomic mass is 9.91. The van der Waals surface area contributed by atoms with Gasteiger partial charge in [0.25, 0.3) is 0 Å². The molecule has 14 aromatic rings. The quantitative estimate of drug-likeness (QED) is 0.142. The van der Waals surface area contributed by atoms with E-state index in [-0.39, 0.29) is 0 Å². The van der Waals surface area contributed by atoms with Crippen LogP contribution in [0.4, 0.5) is 34.1 Å². The van der Waals surface area contributed by atoms with Gasteiger partial charge in [0, 0.05) is 73.6 Å². The third-order valence-corrected chi connectivity index (χ3v) is 16.5. The molecule has 0 amide bonds. The van der Waals surface area contributed by atoms with Gasteiger partial charge in [0.15, 0.2) is 0 Å². The van der Waals surface area contributed by atoms with Gasteiger partial charge in [-0.2, -0.15) is 10.5 Å². The van der Waals surface area contributed by atoms with Gasteiger partial charge in [0.1, 0.15) is 0 Å². The Bertz CT molecular complexity index is 4270. The Morgan fingerprint density at radius 1 is 0.306 bits per heavy atom. The van der Waals surface area contributed by atoms with Gasteiger partial charge in [-0.05, 0) is 130 Å². The van der Waals surface area contributed by atoms with Crippen molar-refractivity contribution in [2.75, 3.05) is 9.80 Å². The van der Waals surface area contributed by atoms with Crippen LogP contribution in [-0.4, -0.2) is 0 Å². The standard InChI is InChI=1S/C66H38N4S2/c67-39-41-19-29-59(53(35-41)43-11-3-1-4-12-43)69(47-25-33-63-55(37-47)49-15-7-9-17-61(49)71-63)57-31-23-45-22-28-52-58(32-24-46-21-27-51(57)65(45)66(46)52)70(48-26-34-64-56(38-48)50-16-8-10-18-62(50)72-64)60-30-20-42(40-68)36-54(60)44-13-5-2-6-14-44/h1-38H. The lowest BCUT2D eigenvalue weighted by Crippen LogP contribution is -2.13. The number of nitrogens with zero attached hydrogens (tertiary/aromatic N) is 4. The predicted octanol–water partition coefficient (Wildman–Crippen LogP) is 19.3. The Morgan fingerprint density at radius 3 is 1.14 bits per heavy atom. The van der Waals surface area contributed by atoms with Crippen LogP contribution in [0, 0.1) is 22.7 Å². The summed E-state index contributed by atoms with van der Waals surface area (Å²) in [5.74, 6) is 0. The third-order valence-electron chi connectivity index (χ3n) is 14.2. The monoisotopic (exact) mass is 950 g/mol. The van der Waals surface area contributed by atoms with Crippen LogP contribution in [0.2, 0.25) is 0 Å². The fourth-order valence-corrected chi connectivity index (χ4v) is 13.2. The Labute approximate surface area is 423 Å². The minimum Gasteiger partial charge on any atom is -0.309 e. The highest BCUT2D eigenvalue weighted by atomic mass is 32.1. The number of fused-ring (bicyclic) bond motifs is 6. The lowest BCUT2D eigenvalue weighted by Gasteiger charge is -2.31. The molecule has 0 aliphatic carbocycles. The molecular weight excluding hydrogens is 913 g/mol. The van der Waals surface area contributed by atoms with Gasteiger partial charge in [0.05, 0.1) is 46.0 Å². The molecule has 334 valence electrons. The number of anilines is 6. The molecule has 0 bridgehead atoms. The summed E-state index contributed by atoms with van der Waals surface area (Å²) >= 11 is 3.63. The van der Waals surface area contributed by atoms with Gasteiger partial charge < -0.3 is 9.80 Å². The first-order valence-electron chi connectivity index (χ1n) is 23.9. The van der Waals surface area contributed by atoms with Crippen molar-refractivity contribution in [3.63, 3.8) is 0 Å². The largest absolute Gasteiger partial charge is 0.309 e. The zero-order chi connectivity index (χ0) is 47.9. The summed E-state index contributed by atoms with van der Waals surface area (Å²) < 4.78 is 4.99. The van der Waals surface area contributed by atoms with Crippen molar-refractivity contribution in [1.29, 1.82) is 10.5 Å². The molecule has 0 unspecified atom stereocenters. The molecule has 4 nitrogen and oxygen atoms in total. The van der Waals surface area contributed by atoms with Crippen LogP contribution in [0.5, 0.6) is 0 Å². The van der Waals surface area contributed by atoms with Crippen molar-refractivity contribution in [1.82, 2.24) is 0 Å². The molecule has 0 saturated carbocycles. The molecule has 0 spiro atoms. The first-order chi connectivity index (χ1) is 35.6. The molecule has 12 aromatic carbocycles. The van der Waals surface area contributed by atoms with Crippen molar-refractivity contribution in [2.24, 2.45) is 0 Å². The van der Waals surface area contributed by atoms with Crippen molar-refractivity contribution >= 4 is 129 Å². The molecule has 0 aliphatic heterocycles. The van der Waals surface area contributed by atoms with Gasteiger partial charge in [-0.1, -0.05) is 133 Å². The molecule has 0 aliphatic rings. The maximum Gasteiger partial charge on any atom is 0.0991 e. The summed E-state index contributed by atoms with van der Waals surface area (Å²) in [5, 5.41) is 32.3. The van der Waals surface area contributed by atoms with Gasteiger partial charge >= 0.3 is 0 Å². The number of benzene rings is 12. The Kier molecular flexibility index (Phi) is 9.66. The fraction of sp³-hybridized carbons (Fsp3) is 0. The second kappa shape index (κ2) is 16.7. The van der Waals surface area contributed by atoms with E-state index < -0.39 is 0 Å². The van der Waals surface area contributed by atoms with E-state index >= 15 is 0 Å². The van der Waals surface area contributed by atoms with E-state index in [9.17, 15) is 10.5 Å². The van der Waals surface area contributed by atoms with Crippen LogP contribution in [0.25, 0.3) is 94.9 Å². The molecule has 0 radical (unpaired) electrons. The van der Waals surface area contributed by atoms with E-state index in [1.54, 1.807) is 0 Å². The van der Waals surface area contributed by atoms with Crippen LogP contribution >= 0.6 is 22.7 Å². The molecule has 0 fully saturated rings. The molecule has 2 aromatic heterocycles. The smallest absolute Gasteiger partial charge is 0.0991 e. The molecule has 6 heteroatoms. The maximum absolute atomic E-state index is 10.3. The first-order valence-corrected chi connectivity index (χ1v) is 25.6. The lowest BCUT2D eigenvalue weighted by molar-refractivity contribution is 1.30. The van der Waals surface area contributed by atoms with Gasteiger partial charge in [-0.15, -0.1) is 22.7 Å². The third kappa shape index (κ3) is 6.63. The van der Waals surface area contributed by atoms with E-state index in [1.165, 1.54) is 51.1 Å². The van der Waals surface area contributed by atoms with Gasteiger partial charge in [-0.25, -0.2) is 0 Å². The second-order valence-electron chi connectivity index (χ2n) is 18.2. The summed E-state index contributed by atoms with van der Waals surface area (Å²) in [5.41, 5.74) is 11.3. The summed E-state index contributed by atoms with van der Waals surface area (Å²) in [6.45, 7) is 0. The fourth-order valence-electron chi connectivity index (χ4n) is 11.0. The molecule has 0 saturated heterocycles. The summed E-state index contributed by atoms with van der Waals surface area (Å²) in [7, 11) is 0. The second-order valence-corrected chi connectivity index (χ2v) is 20.4. The first kappa shape index (κ1) is 41.7. The minimum absolute atomic E-state index is 0.605. The summed E-state index contributed by atoms with van der Waals surface area (Å²) in [4.78, 5) is 4.80.